The highest BCUT2D eigenvalue weighted by molar-refractivity contribution is 6.30. The molecular formula is C22H20ClN3O4. The Labute approximate surface area is 178 Å². The highest BCUT2D eigenvalue weighted by Gasteiger charge is 2.38. The zero-order valence-electron chi connectivity index (χ0n) is 16.5. The molecule has 0 fully saturated rings. The quantitative estimate of drug-likeness (QED) is 0.562. The molecule has 0 amide bonds. The van der Waals surface area contributed by atoms with E-state index in [1.807, 2.05) is 45.9 Å². The Bertz CT molecular complexity index is 1090. The highest BCUT2D eigenvalue weighted by atomic mass is 35.5. The molecule has 3 aromatic rings. The zero-order valence-corrected chi connectivity index (χ0v) is 17.3. The molecule has 0 bridgehead atoms. The van der Waals surface area contributed by atoms with Gasteiger partial charge in [-0.05, 0) is 42.8 Å². The summed E-state index contributed by atoms with van der Waals surface area (Å²) in [5.41, 5.74) is 2.69. The summed E-state index contributed by atoms with van der Waals surface area (Å²) in [5, 5.41) is 0.583. The molecule has 1 unspecified atom stereocenters. The van der Waals surface area contributed by atoms with Crippen LogP contribution in [0.5, 0.6) is 0 Å². The number of rotatable bonds is 5. The first-order valence-electron chi connectivity index (χ1n) is 9.50. The van der Waals surface area contributed by atoms with Gasteiger partial charge in [-0.3, -0.25) is 9.36 Å². The molecule has 0 radical (unpaired) electrons. The predicted molar refractivity (Wildman–Crippen MR) is 112 cm³/mol. The Morgan fingerprint density at radius 3 is 2.57 bits per heavy atom. The lowest BCUT2D eigenvalue weighted by Crippen LogP contribution is -2.33. The van der Waals surface area contributed by atoms with Gasteiger partial charge < -0.3 is 14.4 Å². The number of halogens is 1. The van der Waals surface area contributed by atoms with E-state index in [1.54, 1.807) is 25.4 Å². The summed E-state index contributed by atoms with van der Waals surface area (Å²) < 4.78 is 12.0. The van der Waals surface area contributed by atoms with E-state index in [0.29, 0.717) is 10.8 Å². The van der Waals surface area contributed by atoms with Gasteiger partial charge >= 0.3 is 11.9 Å². The lowest BCUT2D eigenvalue weighted by molar-refractivity contribution is -0.141. The van der Waals surface area contributed by atoms with Crippen molar-refractivity contribution in [2.45, 2.75) is 19.4 Å². The van der Waals surface area contributed by atoms with Crippen molar-refractivity contribution in [1.82, 2.24) is 9.55 Å². The number of benzene rings is 2. The Hall–Kier alpha value is -3.32. The third kappa shape index (κ3) is 3.41. The fourth-order valence-electron chi connectivity index (χ4n) is 3.71. The minimum absolute atomic E-state index is 0.0869. The maximum Gasteiger partial charge on any atom is 0.360 e. The fourth-order valence-corrected chi connectivity index (χ4v) is 3.84. The fraction of sp³-hybridized carbons (Fsp3) is 0.227. The second-order valence-electron chi connectivity index (χ2n) is 6.71. The Balaban J connectivity index is 1.97. The van der Waals surface area contributed by atoms with Crippen molar-refractivity contribution in [1.29, 1.82) is 0 Å². The second-order valence-corrected chi connectivity index (χ2v) is 7.14. The number of hydrogen-bond donors (Lipinski definition) is 0. The number of para-hydroxylation sites is 1. The summed E-state index contributed by atoms with van der Waals surface area (Å²) in [7, 11) is 1.36. The number of nitrogens with zero attached hydrogens (tertiary/aromatic N) is 3. The summed E-state index contributed by atoms with van der Waals surface area (Å²) in [6, 6.07) is 14.5. The molecule has 1 atom stereocenters. The first kappa shape index (κ1) is 20.0. The van der Waals surface area contributed by atoms with Gasteiger partial charge in [0.15, 0.2) is 11.5 Å². The Kier molecular flexibility index (Phi) is 5.46. The Morgan fingerprint density at radius 1 is 1.13 bits per heavy atom. The van der Waals surface area contributed by atoms with Crippen LogP contribution >= 0.6 is 11.6 Å². The van der Waals surface area contributed by atoms with Crippen molar-refractivity contribution in [3.05, 3.63) is 71.1 Å². The van der Waals surface area contributed by atoms with Crippen molar-refractivity contribution in [3.8, 4) is 5.69 Å². The monoisotopic (exact) mass is 425 g/mol. The number of carbonyl (C=O) groups is 2. The number of ether oxygens (including phenoxy) is 2. The van der Waals surface area contributed by atoms with E-state index < -0.39 is 12.0 Å². The molecule has 0 saturated carbocycles. The number of esters is 2. The topological polar surface area (TPSA) is 73.7 Å². The first-order valence-corrected chi connectivity index (χ1v) is 9.88. The van der Waals surface area contributed by atoms with Gasteiger partial charge in [-0.15, -0.1) is 0 Å². The third-order valence-electron chi connectivity index (χ3n) is 5.00. The van der Waals surface area contributed by atoms with E-state index in [4.69, 9.17) is 21.1 Å². The van der Waals surface area contributed by atoms with E-state index in [2.05, 4.69) is 4.98 Å². The van der Waals surface area contributed by atoms with Crippen LogP contribution in [-0.4, -0.2) is 35.2 Å². The van der Waals surface area contributed by atoms with Gasteiger partial charge in [0.05, 0.1) is 31.9 Å². The summed E-state index contributed by atoms with van der Waals surface area (Å²) in [5.74, 6) is -0.357. The number of imidazole rings is 1. The van der Waals surface area contributed by atoms with E-state index >= 15 is 0 Å². The molecule has 0 saturated heterocycles. The summed E-state index contributed by atoms with van der Waals surface area (Å²) in [6.45, 7) is 1.97. The molecular weight excluding hydrogens is 406 g/mol. The molecule has 2 aromatic carbocycles. The van der Waals surface area contributed by atoms with Gasteiger partial charge in [-0.2, -0.15) is 0 Å². The van der Waals surface area contributed by atoms with Gasteiger partial charge in [0, 0.05) is 10.7 Å². The molecule has 1 aliphatic rings. The van der Waals surface area contributed by atoms with Crippen molar-refractivity contribution in [2.24, 2.45) is 0 Å². The van der Waals surface area contributed by atoms with Gasteiger partial charge in [-0.25, -0.2) is 9.78 Å². The highest BCUT2D eigenvalue weighted by Crippen LogP contribution is 2.46. The van der Waals surface area contributed by atoms with Crippen LogP contribution in [0.3, 0.4) is 0 Å². The SMILES string of the molecule is CCOC(=O)c1ncn2c1N(c1ccc(Cl)cc1)C(CC(=O)OC)c1ccccc1-2. The van der Waals surface area contributed by atoms with E-state index in [1.165, 1.54) is 7.11 Å². The molecule has 0 spiro atoms. The number of carbonyl (C=O) groups excluding carboxylic acids is 2. The molecule has 8 heteroatoms. The van der Waals surface area contributed by atoms with Gasteiger partial charge in [-0.1, -0.05) is 29.8 Å². The van der Waals surface area contributed by atoms with Crippen LogP contribution in [-0.2, 0) is 14.3 Å². The smallest absolute Gasteiger partial charge is 0.360 e. The normalized spacial score (nSPS) is 14.6. The number of aromatic nitrogens is 2. The largest absolute Gasteiger partial charge is 0.469 e. The first-order chi connectivity index (χ1) is 14.5. The van der Waals surface area contributed by atoms with Crippen molar-refractivity contribution in [3.63, 3.8) is 0 Å². The van der Waals surface area contributed by atoms with E-state index in [0.717, 1.165) is 16.9 Å². The molecule has 0 N–H and O–H groups in total. The molecule has 154 valence electrons. The lowest BCUT2D eigenvalue weighted by Gasteiger charge is -2.39. The van der Waals surface area contributed by atoms with Crippen LogP contribution in [0, 0.1) is 0 Å². The molecule has 30 heavy (non-hydrogen) atoms. The molecule has 0 aliphatic carbocycles. The molecule has 2 heterocycles. The van der Waals surface area contributed by atoms with Crippen molar-refractivity contribution in [2.75, 3.05) is 18.6 Å². The number of fused-ring (bicyclic) bond motifs is 3. The number of methoxy groups -OCH3 is 1. The summed E-state index contributed by atoms with van der Waals surface area (Å²) >= 11 is 6.09. The van der Waals surface area contributed by atoms with E-state index in [9.17, 15) is 9.59 Å². The second kappa shape index (κ2) is 8.20. The van der Waals surface area contributed by atoms with Crippen molar-refractivity contribution >= 4 is 35.0 Å². The number of hydrogen-bond acceptors (Lipinski definition) is 6. The average molecular weight is 426 g/mol. The molecule has 1 aliphatic heterocycles. The van der Waals surface area contributed by atoms with Crippen LogP contribution < -0.4 is 4.90 Å². The van der Waals surface area contributed by atoms with Crippen LogP contribution in [0.2, 0.25) is 5.02 Å². The summed E-state index contributed by atoms with van der Waals surface area (Å²) in [6.07, 6.45) is 1.68. The minimum Gasteiger partial charge on any atom is -0.469 e. The maximum atomic E-state index is 12.7. The molecule has 4 rings (SSSR count). The maximum absolute atomic E-state index is 12.7. The van der Waals surface area contributed by atoms with Gasteiger partial charge in [0.2, 0.25) is 0 Å². The minimum atomic E-state index is -0.526. The van der Waals surface area contributed by atoms with E-state index in [-0.39, 0.29) is 24.7 Å². The van der Waals surface area contributed by atoms with Crippen LogP contribution in [0.1, 0.15) is 35.4 Å². The van der Waals surface area contributed by atoms with Crippen LogP contribution in [0.25, 0.3) is 5.69 Å². The average Bonchev–Trinajstić information content (AvgIpc) is 3.20. The van der Waals surface area contributed by atoms with Crippen molar-refractivity contribution < 1.29 is 19.1 Å². The predicted octanol–water partition coefficient (Wildman–Crippen LogP) is 4.46. The van der Waals surface area contributed by atoms with Gasteiger partial charge in [0.25, 0.3) is 0 Å². The lowest BCUT2D eigenvalue weighted by atomic mass is 9.96. The van der Waals surface area contributed by atoms with Crippen LogP contribution in [0.15, 0.2) is 54.9 Å². The third-order valence-corrected chi connectivity index (χ3v) is 5.25. The zero-order chi connectivity index (χ0) is 21.3. The summed E-state index contributed by atoms with van der Waals surface area (Å²) in [4.78, 5) is 31.2. The van der Waals surface area contributed by atoms with Crippen LogP contribution in [0.4, 0.5) is 11.5 Å². The molecule has 7 nitrogen and oxygen atoms in total. The number of anilines is 2. The molecule has 1 aromatic heterocycles. The van der Waals surface area contributed by atoms with Gasteiger partial charge in [0.1, 0.15) is 6.33 Å². The Morgan fingerprint density at radius 2 is 1.87 bits per heavy atom. The standard InChI is InChI=1S/C22H20ClN3O4/c1-3-30-22(28)20-21-25(13-24-20)17-7-5-4-6-16(17)18(12-19(27)29-2)26(21)15-10-8-14(23)9-11-15/h4-11,13,18H,3,12H2,1-2H3.